The van der Waals surface area contributed by atoms with Gasteiger partial charge in [0.15, 0.2) is 0 Å². The molecule has 0 spiro atoms. The average Bonchev–Trinajstić information content (AvgIpc) is 2.54. The number of aromatic amines is 1. The maximum Gasteiger partial charge on any atom is 0.261 e. The normalized spacial score (nSPS) is 11.2. The Kier molecular flexibility index (Phi) is 3.85. The molecule has 0 radical (unpaired) electrons. The standard InChI is InChI=1S/C18H16N2O3/c1-11-5-3-8-15-16(11)17(21)14(18(22)20-15)10-19-12-6-4-7-13(9-12)23-2/h3-10H,1-2H3,(H2,20,21,22). The maximum absolute atomic E-state index is 12.2. The Balaban J connectivity index is 2.11. The quantitative estimate of drug-likeness (QED) is 0.729. The van der Waals surface area contributed by atoms with Crippen molar-refractivity contribution in [2.24, 2.45) is 4.99 Å². The molecule has 3 rings (SSSR count). The highest BCUT2D eigenvalue weighted by atomic mass is 16.5. The Labute approximate surface area is 132 Å². The highest BCUT2D eigenvalue weighted by molar-refractivity contribution is 5.96. The highest BCUT2D eigenvalue weighted by Gasteiger charge is 2.11. The second kappa shape index (κ2) is 5.96. The van der Waals surface area contributed by atoms with E-state index in [0.717, 1.165) is 5.56 Å². The zero-order valence-corrected chi connectivity index (χ0v) is 12.8. The van der Waals surface area contributed by atoms with E-state index in [9.17, 15) is 9.90 Å². The van der Waals surface area contributed by atoms with Crippen molar-refractivity contribution < 1.29 is 9.84 Å². The number of hydrogen-bond donors (Lipinski definition) is 2. The fourth-order valence-electron chi connectivity index (χ4n) is 2.47. The Morgan fingerprint density at radius 1 is 1.22 bits per heavy atom. The maximum atomic E-state index is 12.2. The number of nitrogens with zero attached hydrogens (tertiary/aromatic N) is 1. The number of benzene rings is 2. The first-order valence-corrected chi connectivity index (χ1v) is 7.13. The smallest absolute Gasteiger partial charge is 0.261 e. The summed E-state index contributed by atoms with van der Waals surface area (Å²) in [5.74, 6) is 0.612. The van der Waals surface area contributed by atoms with E-state index in [-0.39, 0.29) is 16.9 Å². The van der Waals surface area contributed by atoms with Crippen molar-refractivity contribution in [3.8, 4) is 11.5 Å². The molecule has 0 atom stereocenters. The van der Waals surface area contributed by atoms with Crippen molar-refractivity contribution in [3.63, 3.8) is 0 Å². The van der Waals surface area contributed by atoms with Crippen LogP contribution in [0.3, 0.4) is 0 Å². The lowest BCUT2D eigenvalue weighted by atomic mass is 10.1. The number of aliphatic imine (C=N–C) groups is 1. The minimum Gasteiger partial charge on any atom is -0.506 e. The van der Waals surface area contributed by atoms with E-state index in [4.69, 9.17) is 4.74 Å². The molecule has 0 saturated heterocycles. The van der Waals surface area contributed by atoms with E-state index < -0.39 is 0 Å². The van der Waals surface area contributed by atoms with Crippen LogP contribution >= 0.6 is 0 Å². The van der Waals surface area contributed by atoms with Gasteiger partial charge in [-0.15, -0.1) is 0 Å². The monoisotopic (exact) mass is 308 g/mol. The summed E-state index contributed by atoms with van der Waals surface area (Å²) >= 11 is 0. The summed E-state index contributed by atoms with van der Waals surface area (Å²) in [6.07, 6.45) is 1.37. The largest absolute Gasteiger partial charge is 0.506 e. The van der Waals surface area contributed by atoms with Crippen molar-refractivity contribution in [1.29, 1.82) is 0 Å². The molecule has 116 valence electrons. The second-order valence-corrected chi connectivity index (χ2v) is 5.17. The van der Waals surface area contributed by atoms with Crippen LogP contribution in [0, 0.1) is 6.92 Å². The molecule has 3 aromatic rings. The van der Waals surface area contributed by atoms with E-state index in [0.29, 0.717) is 22.3 Å². The molecule has 5 heteroatoms. The van der Waals surface area contributed by atoms with Crippen LogP contribution in [-0.4, -0.2) is 23.4 Å². The van der Waals surface area contributed by atoms with Crippen LogP contribution in [0.5, 0.6) is 11.5 Å². The lowest BCUT2D eigenvalue weighted by Gasteiger charge is -2.06. The highest BCUT2D eigenvalue weighted by Crippen LogP contribution is 2.27. The van der Waals surface area contributed by atoms with Gasteiger partial charge in [0.25, 0.3) is 5.56 Å². The summed E-state index contributed by atoms with van der Waals surface area (Å²) in [6, 6.07) is 12.6. The molecule has 1 aromatic heterocycles. The van der Waals surface area contributed by atoms with Gasteiger partial charge in [0.2, 0.25) is 0 Å². The Morgan fingerprint density at radius 3 is 2.78 bits per heavy atom. The molecule has 0 saturated carbocycles. The molecule has 5 nitrogen and oxygen atoms in total. The minimum absolute atomic E-state index is 0.0616. The van der Waals surface area contributed by atoms with E-state index in [2.05, 4.69) is 9.98 Å². The van der Waals surface area contributed by atoms with Crippen LogP contribution in [0.15, 0.2) is 52.3 Å². The number of aryl methyl sites for hydroxylation is 1. The molecule has 0 amide bonds. The summed E-state index contributed by atoms with van der Waals surface area (Å²) in [4.78, 5) is 19.2. The van der Waals surface area contributed by atoms with Gasteiger partial charge in [-0.1, -0.05) is 18.2 Å². The molecule has 0 aliphatic carbocycles. The topological polar surface area (TPSA) is 74.7 Å². The lowest BCUT2D eigenvalue weighted by molar-refractivity contribution is 0.415. The number of ether oxygens (including phenoxy) is 1. The molecule has 2 aromatic carbocycles. The number of rotatable bonds is 3. The fourth-order valence-corrected chi connectivity index (χ4v) is 2.47. The van der Waals surface area contributed by atoms with Crippen LogP contribution in [0.25, 0.3) is 10.9 Å². The predicted octanol–water partition coefficient (Wildman–Crippen LogP) is 3.30. The van der Waals surface area contributed by atoms with Crippen LogP contribution in [0.4, 0.5) is 5.69 Å². The summed E-state index contributed by atoms with van der Waals surface area (Å²) in [7, 11) is 1.57. The van der Waals surface area contributed by atoms with Gasteiger partial charge < -0.3 is 14.8 Å². The van der Waals surface area contributed by atoms with Crippen LogP contribution < -0.4 is 10.3 Å². The molecule has 0 unspecified atom stereocenters. The molecule has 0 aliphatic heterocycles. The lowest BCUT2D eigenvalue weighted by Crippen LogP contribution is -2.12. The molecule has 2 N–H and O–H groups in total. The van der Waals surface area contributed by atoms with Crippen LogP contribution in [-0.2, 0) is 0 Å². The third-order valence-corrected chi connectivity index (χ3v) is 3.65. The minimum atomic E-state index is -0.382. The van der Waals surface area contributed by atoms with Gasteiger partial charge >= 0.3 is 0 Å². The third kappa shape index (κ3) is 2.81. The second-order valence-electron chi connectivity index (χ2n) is 5.17. The number of pyridine rings is 1. The van der Waals surface area contributed by atoms with Crippen LogP contribution in [0.1, 0.15) is 11.1 Å². The molecule has 0 aliphatic rings. The van der Waals surface area contributed by atoms with E-state index in [1.165, 1.54) is 6.21 Å². The first-order valence-electron chi connectivity index (χ1n) is 7.13. The molecule has 23 heavy (non-hydrogen) atoms. The fraction of sp³-hybridized carbons (Fsp3) is 0.111. The first kappa shape index (κ1) is 14.8. The number of aromatic nitrogens is 1. The zero-order valence-electron chi connectivity index (χ0n) is 12.8. The molecule has 0 bridgehead atoms. The van der Waals surface area contributed by atoms with Gasteiger partial charge in [-0.25, -0.2) is 0 Å². The number of fused-ring (bicyclic) bond motifs is 1. The van der Waals surface area contributed by atoms with Crippen LogP contribution in [0.2, 0.25) is 0 Å². The van der Waals surface area contributed by atoms with Gasteiger partial charge in [-0.05, 0) is 30.7 Å². The number of methoxy groups -OCH3 is 1. The van der Waals surface area contributed by atoms with E-state index in [1.807, 2.05) is 25.1 Å². The Morgan fingerprint density at radius 2 is 2.00 bits per heavy atom. The van der Waals surface area contributed by atoms with Gasteiger partial charge in [0.1, 0.15) is 17.1 Å². The third-order valence-electron chi connectivity index (χ3n) is 3.65. The summed E-state index contributed by atoms with van der Waals surface area (Å²) < 4.78 is 5.14. The molecule has 0 fully saturated rings. The molecular weight excluding hydrogens is 292 g/mol. The zero-order chi connectivity index (χ0) is 16.4. The molecule has 1 heterocycles. The van der Waals surface area contributed by atoms with Crippen molar-refractivity contribution >= 4 is 22.8 Å². The average molecular weight is 308 g/mol. The van der Waals surface area contributed by atoms with E-state index in [1.54, 1.807) is 31.4 Å². The van der Waals surface area contributed by atoms with Gasteiger partial charge in [-0.3, -0.25) is 9.79 Å². The summed E-state index contributed by atoms with van der Waals surface area (Å²) in [5, 5.41) is 11.1. The Hall–Kier alpha value is -3.08. The van der Waals surface area contributed by atoms with Gasteiger partial charge in [0, 0.05) is 17.7 Å². The van der Waals surface area contributed by atoms with Crippen molar-refractivity contribution in [1.82, 2.24) is 4.98 Å². The Bertz CT molecular complexity index is 958. The van der Waals surface area contributed by atoms with E-state index >= 15 is 0 Å². The number of nitrogens with one attached hydrogen (secondary N) is 1. The van der Waals surface area contributed by atoms with Gasteiger partial charge in [0.05, 0.1) is 18.3 Å². The first-order chi connectivity index (χ1) is 11.1. The number of H-pyrrole nitrogens is 1. The molecular formula is C18H16N2O3. The van der Waals surface area contributed by atoms with Crippen molar-refractivity contribution in [2.45, 2.75) is 6.92 Å². The number of aromatic hydroxyl groups is 1. The summed E-state index contributed by atoms with van der Waals surface area (Å²) in [6.45, 7) is 1.88. The van der Waals surface area contributed by atoms with Crippen molar-refractivity contribution in [3.05, 3.63) is 63.9 Å². The summed E-state index contributed by atoms with van der Waals surface area (Å²) in [5.41, 5.74) is 1.87. The SMILES string of the molecule is COc1cccc(N=Cc2c(O)c3c(C)cccc3[nH]c2=O)c1. The predicted molar refractivity (Wildman–Crippen MR) is 91.2 cm³/mol. The van der Waals surface area contributed by atoms with Gasteiger partial charge in [-0.2, -0.15) is 0 Å². The number of hydrogen-bond acceptors (Lipinski definition) is 4. The van der Waals surface area contributed by atoms with Crippen molar-refractivity contribution in [2.75, 3.05) is 7.11 Å².